The summed E-state index contributed by atoms with van der Waals surface area (Å²) in [4.78, 5) is 19.3. The number of fused-ring (bicyclic) bond motifs is 4. The van der Waals surface area contributed by atoms with Crippen molar-refractivity contribution in [1.29, 1.82) is 0 Å². The topological polar surface area (TPSA) is 88.4 Å². The third kappa shape index (κ3) is 5.41. The summed E-state index contributed by atoms with van der Waals surface area (Å²) in [6, 6.07) is 13.1. The Morgan fingerprint density at radius 1 is 1.05 bits per heavy atom. The summed E-state index contributed by atoms with van der Waals surface area (Å²) < 4.78 is 6.25. The Balaban J connectivity index is 1.12. The van der Waals surface area contributed by atoms with Crippen LogP contribution >= 0.6 is 0 Å². The molecule has 2 bridgehead atoms. The zero-order valence-electron chi connectivity index (χ0n) is 24.4. The molecule has 4 heterocycles. The zero-order chi connectivity index (χ0) is 28.6. The lowest BCUT2D eigenvalue weighted by atomic mass is 10.0. The molecule has 2 aromatic carbocycles. The van der Waals surface area contributed by atoms with Gasteiger partial charge in [0.15, 0.2) is 0 Å². The van der Waals surface area contributed by atoms with Gasteiger partial charge in [0.2, 0.25) is 0 Å². The molecule has 4 aliphatic rings. The smallest absolute Gasteiger partial charge is 0.318 e. The van der Waals surface area contributed by atoms with Gasteiger partial charge in [0.25, 0.3) is 0 Å². The molecule has 3 aromatic rings. The molecule has 3 aliphatic heterocycles. The Labute approximate surface area is 248 Å². The molecule has 42 heavy (non-hydrogen) atoms. The zero-order valence-corrected chi connectivity index (χ0v) is 24.4. The molecule has 0 spiro atoms. The first kappa shape index (κ1) is 27.4. The summed E-state index contributed by atoms with van der Waals surface area (Å²) in [6.07, 6.45) is 6.87. The minimum absolute atomic E-state index is 0.271. The summed E-state index contributed by atoms with van der Waals surface area (Å²) in [6.45, 7) is 11.1. The number of aromatic nitrogens is 2. The highest BCUT2D eigenvalue weighted by Gasteiger charge is 2.37. The van der Waals surface area contributed by atoms with Crippen LogP contribution < -0.4 is 14.5 Å². The maximum Gasteiger partial charge on any atom is 0.318 e. The van der Waals surface area contributed by atoms with Gasteiger partial charge in [0.05, 0.1) is 18.8 Å². The second kappa shape index (κ2) is 11.7. The van der Waals surface area contributed by atoms with E-state index < -0.39 is 6.23 Å². The van der Waals surface area contributed by atoms with Gasteiger partial charge >= 0.3 is 6.01 Å². The minimum Gasteiger partial charge on any atom is -0.508 e. The van der Waals surface area contributed by atoms with Gasteiger partial charge in [-0.1, -0.05) is 30.8 Å². The lowest BCUT2D eigenvalue weighted by Gasteiger charge is -2.39. The quantitative estimate of drug-likeness (QED) is 0.295. The fourth-order valence-corrected chi connectivity index (χ4v) is 7.54. The van der Waals surface area contributed by atoms with Gasteiger partial charge in [-0.05, 0) is 55.6 Å². The van der Waals surface area contributed by atoms with E-state index in [1.165, 1.54) is 31.4 Å². The number of benzene rings is 2. The summed E-state index contributed by atoms with van der Waals surface area (Å²) in [5.41, 5.74) is 3.18. The second-order valence-electron chi connectivity index (χ2n) is 12.3. The van der Waals surface area contributed by atoms with E-state index in [9.17, 15) is 10.2 Å². The van der Waals surface area contributed by atoms with E-state index >= 15 is 0 Å². The third-order valence-electron chi connectivity index (χ3n) is 9.73. The number of nitrogens with zero attached hydrogens (tertiary/aromatic N) is 6. The van der Waals surface area contributed by atoms with Crippen molar-refractivity contribution < 1.29 is 14.9 Å². The van der Waals surface area contributed by atoms with Crippen molar-refractivity contribution in [3.63, 3.8) is 0 Å². The number of anilines is 2. The van der Waals surface area contributed by atoms with Gasteiger partial charge < -0.3 is 24.7 Å². The SMILES string of the molecule is C=CC(O)N1CCN(c2nc(OCCCN3C[C@@H]4CC[C@H]3C4)nc3c2CCN(c2cc(O)cc4ccccc24)C3)CC1. The molecule has 1 aromatic heterocycles. The number of hydrogen-bond acceptors (Lipinski definition) is 9. The van der Waals surface area contributed by atoms with Crippen molar-refractivity contribution in [2.24, 2.45) is 5.92 Å². The minimum atomic E-state index is -0.623. The number of aliphatic hydroxyl groups is 1. The predicted octanol–water partition coefficient (Wildman–Crippen LogP) is 3.78. The van der Waals surface area contributed by atoms with E-state index in [1.807, 2.05) is 35.2 Å². The summed E-state index contributed by atoms with van der Waals surface area (Å²) >= 11 is 0. The molecule has 0 radical (unpaired) electrons. The Morgan fingerprint density at radius 2 is 1.90 bits per heavy atom. The number of aromatic hydroxyl groups is 1. The van der Waals surface area contributed by atoms with Crippen LogP contribution in [0.5, 0.6) is 11.8 Å². The van der Waals surface area contributed by atoms with Gasteiger partial charge in [-0.2, -0.15) is 9.97 Å². The van der Waals surface area contributed by atoms with Crippen LogP contribution in [0.3, 0.4) is 0 Å². The number of piperazine rings is 1. The van der Waals surface area contributed by atoms with Gasteiger partial charge in [0, 0.05) is 74.6 Å². The van der Waals surface area contributed by atoms with Crippen LogP contribution in [0.4, 0.5) is 11.5 Å². The fraction of sp³-hybridized carbons (Fsp3) is 0.515. The monoisotopic (exact) mass is 570 g/mol. The van der Waals surface area contributed by atoms with E-state index in [2.05, 4.69) is 27.3 Å². The second-order valence-corrected chi connectivity index (χ2v) is 12.3. The number of likely N-dealkylation sites (tertiary alicyclic amines) is 1. The van der Waals surface area contributed by atoms with Gasteiger partial charge in [-0.25, -0.2) is 0 Å². The van der Waals surface area contributed by atoms with E-state index in [0.717, 1.165) is 92.0 Å². The van der Waals surface area contributed by atoms with Gasteiger partial charge in [-0.3, -0.25) is 9.80 Å². The molecule has 2 saturated heterocycles. The number of hydrogen-bond donors (Lipinski definition) is 2. The van der Waals surface area contributed by atoms with Crippen LogP contribution in [0.15, 0.2) is 49.1 Å². The molecule has 9 nitrogen and oxygen atoms in total. The fourth-order valence-electron chi connectivity index (χ4n) is 7.54. The molecule has 2 N–H and O–H groups in total. The molecule has 3 atom stereocenters. The molecular weight excluding hydrogens is 528 g/mol. The van der Waals surface area contributed by atoms with E-state index in [1.54, 1.807) is 6.08 Å². The highest BCUT2D eigenvalue weighted by Crippen LogP contribution is 2.38. The first-order chi connectivity index (χ1) is 20.6. The first-order valence-corrected chi connectivity index (χ1v) is 15.6. The standard InChI is InChI=1S/C33H42N6O3/c1-2-31(41)36-13-15-37(16-14-36)32-28-10-12-39(30-20-26(40)19-24-6-3-4-7-27(24)30)22-29(28)34-33(35-32)42-17-5-11-38-21-23-8-9-25(38)18-23/h2-4,6-7,19-20,23,25,31,40-41H,1,5,8-18,21-22H2/t23-,25+,31?/m1/s1. The van der Waals surface area contributed by atoms with Crippen molar-refractivity contribution in [2.45, 2.75) is 50.9 Å². The lowest BCUT2D eigenvalue weighted by molar-refractivity contribution is 0.0379. The Hall–Kier alpha value is -3.40. The molecule has 222 valence electrons. The summed E-state index contributed by atoms with van der Waals surface area (Å²) in [7, 11) is 0. The Morgan fingerprint density at radius 3 is 2.69 bits per heavy atom. The molecule has 9 heteroatoms. The van der Waals surface area contributed by atoms with E-state index in [4.69, 9.17) is 14.7 Å². The number of piperidine rings is 1. The van der Waals surface area contributed by atoms with Gasteiger partial charge in [-0.15, -0.1) is 0 Å². The highest BCUT2D eigenvalue weighted by atomic mass is 16.5. The molecule has 1 saturated carbocycles. The van der Waals surface area contributed by atoms with Crippen molar-refractivity contribution >= 4 is 22.3 Å². The van der Waals surface area contributed by atoms with Crippen LogP contribution in [-0.4, -0.2) is 94.7 Å². The van der Waals surface area contributed by atoms with Crippen molar-refractivity contribution in [2.75, 3.05) is 62.2 Å². The van der Waals surface area contributed by atoms with E-state index in [0.29, 0.717) is 19.2 Å². The summed E-state index contributed by atoms with van der Waals surface area (Å²) in [5, 5.41) is 22.9. The van der Waals surface area contributed by atoms with Crippen LogP contribution in [0.2, 0.25) is 0 Å². The number of ether oxygens (including phenoxy) is 1. The highest BCUT2D eigenvalue weighted by molar-refractivity contribution is 5.95. The molecular formula is C33H42N6O3. The lowest BCUT2D eigenvalue weighted by Crippen LogP contribution is -2.50. The molecule has 0 amide bonds. The van der Waals surface area contributed by atoms with Crippen LogP contribution in [0, 0.1) is 5.92 Å². The van der Waals surface area contributed by atoms with Crippen molar-refractivity contribution in [3.05, 3.63) is 60.3 Å². The summed E-state index contributed by atoms with van der Waals surface area (Å²) in [5.74, 6) is 2.13. The molecule has 1 unspecified atom stereocenters. The Kier molecular flexibility index (Phi) is 7.65. The first-order valence-electron chi connectivity index (χ1n) is 15.6. The molecule has 7 rings (SSSR count). The van der Waals surface area contributed by atoms with E-state index in [-0.39, 0.29) is 5.75 Å². The molecule has 3 fully saturated rings. The molecule has 1 aliphatic carbocycles. The largest absolute Gasteiger partial charge is 0.508 e. The van der Waals surface area contributed by atoms with Gasteiger partial charge in [0.1, 0.15) is 17.8 Å². The maximum absolute atomic E-state index is 10.5. The number of phenols is 1. The Bertz CT molecular complexity index is 1440. The van der Waals surface area contributed by atoms with Crippen molar-refractivity contribution in [3.8, 4) is 11.8 Å². The predicted molar refractivity (Wildman–Crippen MR) is 165 cm³/mol. The maximum atomic E-state index is 10.5. The number of rotatable bonds is 9. The van der Waals surface area contributed by atoms with Crippen molar-refractivity contribution in [1.82, 2.24) is 19.8 Å². The third-order valence-corrected chi connectivity index (χ3v) is 9.73. The van der Waals surface area contributed by atoms with Crippen LogP contribution in [-0.2, 0) is 13.0 Å². The average molecular weight is 571 g/mol. The van der Waals surface area contributed by atoms with Crippen LogP contribution in [0.25, 0.3) is 10.8 Å². The average Bonchev–Trinajstić information content (AvgIpc) is 3.65. The van der Waals surface area contributed by atoms with Crippen LogP contribution in [0.1, 0.15) is 36.9 Å². The number of phenolic OH excluding ortho intramolecular Hbond substituents is 1. The normalized spacial score (nSPS) is 23.4. The number of aliphatic hydroxyl groups excluding tert-OH is 1.